The van der Waals surface area contributed by atoms with Gasteiger partial charge in [-0.2, -0.15) is 5.10 Å². The third-order valence-corrected chi connectivity index (χ3v) is 2.68. The fourth-order valence-corrected chi connectivity index (χ4v) is 1.87. The lowest BCUT2D eigenvalue weighted by atomic mass is 10.1. The van der Waals surface area contributed by atoms with E-state index in [1.807, 2.05) is 24.0 Å². The molecule has 0 fully saturated rings. The first-order chi connectivity index (χ1) is 7.24. The Morgan fingerprint density at radius 2 is 2.27 bits per heavy atom. The summed E-state index contributed by atoms with van der Waals surface area (Å²) in [5, 5.41) is 7.63. The Balaban J connectivity index is 2.86. The number of rotatable bonds is 6. The molecule has 0 saturated heterocycles. The van der Waals surface area contributed by atoms with Crippen LogP contribution in [0.2, 0.25) is 0 Å². The van der Waals surface area contributed by atoms with Gasteiger partial charge >= 0.3 is 0 Å². The van der Waals surface area contributed by atoms with Crippen molar-refractivity contribution in [1.29, 1.82) is 0 Å². The Labute approximate surface area is 91.6 Å². The van der Waals surface area contributed by atoms with E-state index in [1.165, 1.54) is 5.69 Å². The van der Waals surface area contributed by atoms with Crippen LogP contribution in [0.15, 0.2) is 12.3 Å². The minimum atomic E-state index is 0.195. The molecule has 2 atom stereocenters. The van der Waals surface area contributed by atoms with E-state index in [9.17, 15) is 0 Å². The summed E-state index contributed by atoms with van der Waals surface area (Å²) in [4.78, 5) is 0. The van der Waals surface area contributed by atoms with Gasteiger partial charge in [-0.15, -0.1) is 0 Å². The molecule has 1 heterocycles. The van der Waals surface area contributed by atoms with Gasteiger partial charge in [-0.3, -0.25) is 4.68 Å². The summed E-state index contributed by atoms with van der Waals surface area (Å²) >= 11 is 0. The van der Waals surface area contributed by atoms with Crippen LogP contribution in [0.25, 0.3) is 0 Å². The summed E-state index contributed by atoms with van der Waals surface area (Å²) in [6.07, 6.45) is 3.00. The molecule has 2 unspecified atom stereocenters. The normalized spacial score (nSPS) is 15.2. The molecular formula is C11H21N3O. The van der Waals surface area contributed by atoms with Crippen molar-refractivity contribution in [1.82, 2.24) is 15.1 Å². The SMILES string of the molecule is CCNC(c1ccnn1C)C(CC)OC. The van der Waals surface area contributed by atoms with Gasteiger partial charge in [0.05, 0.1) is 17.8 Å². The monoisotopic (exact) mass is 211 g/mol. The summed E-state index contributed by atoms with van der Waals surface area (Å²) in [5.74, 6) is 0. The number of aromatic nitrogens is 2. The molecule has 0 aliphatic heterocycles. The molecule has 0 radical (unpaired) electrons. The maximum absolute atomic E-state index is 5.49. The topological polar surface area (TPSA) is 39.1 Å². The van der Waals surface area contributed by atoms with Crippen molar-refractivity contribution in [2.45, 2.75) is 32.4 Å². The van der Waals surface area contributed by atoms with Crippen LogP contribution in [0.5, 0.6) is 0 Å². The first-order valence-corrected chi connectivity index (χ1v) is 5.48. The van der Waals surface area contributed by atoms with Crippen LogP contribution in [0, 0.1) is 0 Å². The van der Waals surface area contributed by atoms with Crippen LogP contribution in [0.4, 0.5) is 0 Å². The molecule has 0 saturated carbocycles. The Bertz CT molecular complexity index is 281. The third-order valence-electron chi connectivity index (χ3n) is 2.68. The zero-order valence-corrected chi connectivity index (χ0v) is 10.0. The average Bonchev–Trinajstić information content (AvgIpc) is 2.65. The molecule has 4 nitrogen and oxygen atoms in total. The first kappa shape index (κ1) is 12.2. The zero-order valence-electron chi connectivity index (χ0n) is 10.0. The number of ether oxygens (including phenoxy) is 1. The van der Waals surface area contributed by atoms with E-state index in [0.717, 1.165) is 13.0 Å². The summed E-state index contributed by atoms with van der Waals surface area (Å²) in [6.45, 7) is 5.16. The van der Waals surface area contributed by atoms with Gasteiger partial charge < -0.3 is 10.1 Å². The lowest BCUT2D eigenvalue weighted by Gasteiger charge is -2.25. The second-order valence-electron chi connectivity index (χ2n) is 3.60. The number of nitrogens with one attached hydrogen (secondary N) is 1. The Morgan fingerprint density at radius 3 is 2.67 bits per heavy atom. The van der Waals surface area contributed by atoms with Crippen LogP contribution in [-0.4, -0.2) is 29.5 Å². The standard InChI is InChI=1S/C11H21N3O/c1-5-10(15-4)11(12-6-2)9-7-8-13-14(9)3/h7-8,10-12H,5-6H2,1-4H3. The van der Waals surface area contributed by atoms with Crippen molar-refractivity contribution in [2.75, 3.05) is 13.7 Å². The Hall–Kier alpha value is -0.870. The van der Waals surface area contributed by atoms with Crippen molar-refractivity contribution in [3.8, 4) is 0 Å². The van der Waals surface area contributed by atoms with Crippen molar-refractivity contribution >= 4 is 0 Å². The van der Waals surface area contributed by atoms with Gasteiger partial charge in [-0.25, -0.2) is 0 Å². The molecule has 0 aliphatic carbocycles. The van der Waals surface area contributed by atoms with Crippen LogP contribution in [0.3, 0.4) is 0 Å². The molecule has 1 rings (SSSR count). The number of hydrogen-bond donors (Lipinski definition) is 1. The number of nitrogens with zero attached hydrogens (tertiary/aromatic N) is 2. The lowest BCUT2D eigenvalue weighted by Crippen LogP contribution is -2.34. The number of aryl methyl sites for hydroxylation is 1. The average molecular weight is 211 g/mol. The highest BCUT2D eigenvalue weighted by atomic mass is 16.5. The molecular weight excluding hydrogens is 190 g/mol. The molecule has 1 aromatic heterocycles. The number of hydrogen-bond acceptors (Lipinski definition) is 3. The van der Waals surface area contributed by atoms with Gasteiger partial charge in [0.1, 0.15) is 0 Å². The van der Waals surface area contributed by atoms with E-state index in [0.29, 0.717) is 0 Å². The second kappa shape index (κ2) is 5.88. The maximum Gasteiger partial charge on any atom is 0.0778 e. The number of methoxy groups -OCH3 is 1. The Morgan fingerprint density at radius 1 is 1.53 bits per heavy atom. The Kier molecular flexibility index (Phi) is 4.78. The molecule has 0 aromatic carbocycles. The summed E-state index contributed by atoms with van der Waals surface area (Å²) in [6, 6.07) is 2.26. The molecule has 0 aliphatic rings. The van der Waals surface area contributed by atoms with Gasteiger partial charge in [-0.1, -0.05) is 13.8 Å². The fraction of sp³-hybridized carbons (Fsp3) is 0.727. The van der Waals surface area contributed by atoms with Crippen molar-refractivity contribution in [3.63, 3.8) is 0 Å². The maximum atomic E-state index is 5.49. The predicted octanol–water partition coefficient (Wildman–Crippen LogP) is 1.50. The van der Waals surface area contributed by atoms with Gasteiger partial charge in [0.15, 0.2) is 0 Å². The van der Waals surface area contributed by atoms with Crippen molar-refractivity contribution in [3.05, 3.63) is 18.0 Å². The molecule has 4 heteroatoms. The highest BCUT2D eigenvalue weighted by Gasteiger charge is 2.22. The van der Waals surface area contributed by atoms with Gasteiger partial charge in [0.25, 0.3) is 0 Å². The molecule has 0 spiro atoms. The fourth-order valence-electron chi connectivity index (χ4n) is 1.87. The van der Waals surface area contributed by atoms with Crippen LogP contribution in [-0.2, 0) is 11.8 Å². The molecule has 15 heavy (non-hydrogen) atoms. The highest BCUT2D eigenvalue weighted by molar-refractivity contribution is 5.08. The van der Waals surface area contributed by atoms with Crippen molar-refractivity contribution < 1.29 is 4.74 Å². The minimum absolute atomic E-state index is 0.195. The van der Waals surface area contributed by atoms with E-state index in [4.69, 9.17) is 4.74 Å². The van der Waals surface area contributed by atoms with E-state index < -0.39 is 0 Å². The zero-order chi connectivity index (χ0) is 11.3. The van der Waals surface area contributed by atoms with E-state index in [1.54, 1.807) is 7.11 Å². The minimum Gasteiger partial charge on any atom is -0.379 e. The van der Waals surface area contributed by atoms with Gasteiger partial charge in [0.2, 0.25) is 0 Å². The molecule has 86 valence electrons. The van der Waals surface area contributed by atoms with Crippen molar-refractivity contribution in [2.24, 2.45) is 7.05 Å². The van der Waals surface area contributed by atoms with Gasteiger partial charge in [-0.05, 0) is 19.0 Å². The summed E-state index contributed by atoms with van der Waals surface area (Å²) < 4.78 is 7.39. The summed E-state index contributed by atoms with van der Waals surface area (Å²) in [5.41, 5.74) is 1.17. The van der Waals surface area contributed by atoms with E-state index in [-0.39, 0.29) is 12.1 Å². The lowest BCUT2D eigenvalue weighted by molar-refractivity contribution is 0.0630. The predicted molar refractivity (Wildman–Crippen MR) is 60.7 cm³/mol. The first-order valence-electron chi connectivity index (χ1n) is 5.48. The smallest absolute Gasteiger partial charge is 0.0778 e. The highest BCUT2D eigenvalue weighted by Crippen LogP contribution is 2.20. The molecule has 1 N–H and O–H groups in total. The van der Waals surface area contributed by atoms with E-state index in [2.05, 4.69) is 24.3 Å². The molecule has 0 bridgehead atoms. The van der Waals surface area contributed by atoms with E-state index >= 15 is 0 Å². The van der Waals surface area contributed by atoms with Crippen LogP contribution < -0.4 is 5.32 Å². The van der Waals surface area contributed by atoms with Gasteiger partial charge in [0, 0.05) is 20.4 Å². The molecule has 1 aromatic rings. The molecule has 0 amide bonds. The summed E-state index contributed by atoms with van der Waals surface area (Å²) in [7, 11) is 3.72. The second-order valence-corrected chi connectivity index (χ2v) is 3.60. The van der Waals surface area contributed by atoms with Crippen LogP contribution >= 0.6 is 0 Å². The largest absolute Gasteiger partial charge is 0.379 e. The third kappa shape index (κ3) is 2.79. The van der Waals surface area contributed by atoms with Crippen LogP contribution in [0.1, 0.15) is 32.0 Å². The number of likely N-dealkylation sites (N-methyl/N-ethyl adjacent to an activating group) is 1. The quantitative estimate of drug-likeness (QED) is 0.775.